The molecule has 28 heavy (non-hydrogen) atoms. The number of anilines is 1. The van der Waals surface area contributed by atoms with E-state index in [0.717, 1.165) is 37.1 Å². The van der Waals surface area contributed by atoms with Gasteiger partial charge in [0.15, 0.2) is 11.2 Å². The van der Waals surface area contributed by atoms with E-state index in [-0.39, 0.29) is 5.56 Å². The Morgan fingerprint density at radius 1 is 1.25 bits per heavy atom. The Kier molecular flexibility index (Phi) is 4.71. The predicted molar refractivity (Wildman–Crippen MR) is 110 cm³/mol. The molecule has 0 radical (unpaired) electrons. The summed E-state index contributed by atoms with van der Waals surface area (Å²) in [7, 11) is 1.71. The Balaban J connectivity index is 1.76. The lowest BCUT2D eigenvalue weighted by Gasteiger charge is -2.39. The number of hydrogen-bond donors (Lipinski definition) is 2. The number of aryl methyl sites for hydroxylation is 1. The lowest BCUT2D eigenvalue weighted by atomic mass is 9.81. The average molecular weight is 381 g/mol. The van der Waals surface area contributed by atoms with Gasteiger partial charge in [-0.2, -0.15) is 4.98 Å². The maximum Gasteiger partial charge on any atom is 0.280 e. The van der Waals surface area contributed by atoms with E-state index in [1.165, 1.54) is 4.57 Å². The predicted octanol–water partition coefficient (Wildman–Crippen LogP) is 2.59. The first-order chi connectivity index (χ1) is 13.4. The molecule has 1 aliphatic rings. The number of fused-ring (bicyclic) bond motifs is 1. The van der Waals surface area contributed by atoms with E-state index in [0.29, 0.717) is 23.7 Å². The van der Waals surface area contributed by atoms with Crippen molar-refractivity contribution in [2.75, 3.05) is 5.32 Å². The molecule has 0 amide bonds. The Morgan fingerprint density at radius 2 is 2.00 bits per heavy atom. The van der Waals surface area contributed by atoms with Crippen molar-refractivity contribution in [1.82, 2.24) is 19.1 Å². The monoisotopic (exact) mass is 381 g/mol. The summed E-state index contributed by atoms with van der Waals surface area (Å²) in [6.07, 6.45) is 3.19. The molecule has 0 aliphatic heterocycles. The minimum absolute atomic E-state index is 0.141. The number of aliphatic hydroxyl groups excluding tert-OH is 1. The molecule has 4 rings (SSSR count). The number of benzene rings is 1. The summed E-state index contributed by atoms with van der Waals surface area (Å²) in [5, 5.41) is 13.8. The molecule has 148 valence electrons. The van der Waals surface area contributed by atoms with Crippen molar-refractivity contribution in [3.05, 3.63) is 52.1 Å². The van der Waals surface area contributed by atoms with Crippen LogP contribution in [0.2, 0.25) is 0 Å². The van der Waals surface area contributed by atoms with Gasteiger partial charge in [-0.25, -0.2) is 4.98 Å². The second kappa shape index (κ2) is 7.05. The third kappa shape index (κ3) is 3.20. The Labute approximate surface area is 164 Å². The molecule has 1 aliphatic carbocycles. The number of aromatic nitrogens is 4. The van der Waals surface area contributed by atoms with Crippen molar-refractivity contribution in [3.8, 4) is 0 Å². The molecule has 2 heterocycles. The second-order valence-electron chi connectivity index (χ2n) is 8.01. The van der Waals surface area contributed by atoms with Crippen molar-refractivity contribution in [2.45, 2.75) is 57.7 Å². The molecule has 3 aromatic rings. The zero-order valence-electron chi connectivity index (χ0n) is 16.6. The largest absolute Gasteiger partial charge is 0.391 e. The number of nitrogens with zero attached hydrogens (tertiary/aromatic N) is 4. The molecule has 0 bridgehead atoms. The van der Waals surface area contributed by atoms with Gasteiger partial charge in [0.1, 0.15) is 5.82 Å². The maximum absolute atomic E-state index is 13.2. The fraction of sp³-hybridized carbons (Fsp3) is 0.476. The highest BCUT2D eigenvalue weighted by molar-refractivity contribution is 5.72. The summed E-state index contributed by atoms with van der Waals surface area (Å²) < 4.78 is 3.44. The van der Waals surface area contributed by atoms with E-state index in [1.54, 1.807) is 7.05 Å². The molecule has 0 spiro atoms. The molecule has 0 unspecified atom stereocenters. The van der Waals surface area contributed by atoms with E-state index in [4.69, 9.17) is 0 Å². The highest BCUT2D eigenvalue weighted by Gasteiger charge is 2.36. The summed E-state index contributed by atoms with van der Waals surface area (Å²) in [6.45, 7) is 4.46. The Morgan fingerprint density at radius 3 is 2.71 bits per heavy atom. The van der Waals surface area contributed by atoms with E-state index in [2.05, 4.69) is 15.3 Å². The lowest BCUT2D eigenvalue weighted by Crippen LogP contribution is -2.49. The smallest absolute Gasteiger partial charge is 0.280 e. The topological polar surface area (TPSA) is 85.0 Å². The van der Waals surface area contributed by atoms with Crippen LogP contribution in [0.1, 0.15) is 44.0 Å². The first kappa shape index (κ1) is 18.7. The van der Waals surface area contributed by atoms with Crippen molar-refractivity contribution in [1.29, 1.82) is 0 Å². The maximum atomic E-state index is 13.2. The van der Waals surface area contributed by atoms with Crippen LogP contribution < -0.4 is 10.9 Å². The van der Waals surface area contributed by atoms with Crippen LogP contribution in [-0.4, -0.2) is 35.9 Å². The molecule has 1 saturated carbocycles. The number of hydrogen-bond acceptors (Lipinski definition) is 5. The van der Waals surface area contributed by atoms with Gasteiger partial charge in [0.2, 0.25) is 5.95 Å². The van der Waals surface area contributed by atoms with Gasteiger partial charge >= 0.3 is 0 Å². The third-order valence-corrected chi connectivity index (χ3v) is 5.92. The van der Waals surface area contributed by atoms with Gasteiger partial charge in [-0.1, -0.05) is 43.2 Å². The van der Waals surface area contributed by atoms with Crippen LogP contribution in [0, 0.1) is 6.92 Å². The fourth-order valence-corrected chi connectivity index (χ4v) is 4.06. The molecule has 2 N–H and O–H groups in total. The van der Waals surface area contributed by atoms with Gasteiger partial charge in [0, 0.05) is 13.6 Å². The SMILES string of the molecule is Cc1nc2nc(N[C@@]3(C)CCCC[C@@H]3O)n(C)c(=O)c2n1Cc1ccccc1. The molecule has 7 heteroatoms. The van der Waals surface area contributed by atoms with Gasteiger partial charge in [-0.05, 0) is 32.3 Å². The highest BCUT2D eigenvalue weighted by Crippen LogP contribution is 2.31. The molecular weight excluding hydrogens is 354 g/mol. The van der Waals surface area contributed by atoms with Crippen molar-refractivity contribution in [3.63, 3.8) is 0 Å². The highest BCUT2D eigenvalue weighted by atomic mass is 16.3. The molecule has 1 fully saturated rings. The standard InChI is InChI=1S/C21H27N5O2/c1-14-22-18-17(26(14)13-15-9-5-4-6-10-15)19(28)25(3)20(23-18)24-21(2)12-8-7-11-16(21)27/h4-6,9-10,16,27H,7-8,11-13H2,1-3H3,(H,23,24)/t16-,21-/m0/s1. The van der Waals surface area contributed by atoms with Crippen LogP contribution in [0.15, 0.2) is 35.1 Å². The van der Waals surface area contributed by atoms with Crippen LogP contribution in [0.3, 0.4) is 0 Å². The molecule has 0 saturated heterocycles. The van der Waals surface area contributed by atoms with E-state index in [1.807, 2.05) is 48.7 Å². The zero-order chi connectivity index (χ0) is 19.9. The van der Waals surface area contributed by atoms with Gasteiger partial charge in [0.25, 0.3) is 5.56 Å². The number of rotatable bonds is 4. The van der Waals surface area contributed by atoms with Crippen molar-refractivity contribution in [2.24, 2.45) is 7.05 Å². The summed E-state index contributed by atoms with van der Waals surface area (Å²) in [5.41, 5.74) is 1.41. The van der Waals surface area contributed by atoms with Crippen LogP contribution in [0.25, 0.3) is 11.2 Å². The summed E-state index contributed by atoms with van der Waals surface area (Å²) in [4.78, 5) is 22.3. The number of nitrogens with one attached hydrogen (secondary N) is 1. The van der Waals surface area contributed by atoms with Crippen molar-refractivity contribution >= 4 is 17.1 Å². The van der Waals surface area contributed by atoms with E-state index in [9.17, 15) is 9.90 Å². The summed E-state index contributed by atoms with van der Waals surface area (Å²) in [6, 6.07) is 10.0. The molecule has 2 aromatic heterocycles. The summed E-state index contributed by atoms with van der Waals surface area (Å²) >= 11 is 0. The van der Waals surface area contributed by atoms with Crippen LogP contribution >= 0.6 is 0 Å². The third-order valence-electron chi connectivity index (χ3n) is 5.92. The van der Waals surface area contributed by atoms with Gasteiger partial charge in [0.05, 0.1) is 11.6 Å². The van der Waals surface area contributed by atoms with E-state index < -0.39 is 11.6 Å². The average Bonchev–Trinajstić information content (AvgIpc) is 2.98. The number of aliphatic hydroxyl groups is 1. The van der Waals surface area contributed by atoms with Crippen LogP contribution in [-0.2, 0) is 13.6 Å². The van der Waals surface area contributed by atoms with E-state index >= 15 is 0 Å². The Bertz CT molecular complexity index is 1060. The first-order valence-electron chi connectivity index (χ1n) is 9.83. The molecular formula is C21H27N5O2. The van der Waals surface area contributed by atoms with Crippen LogP contribution in [0.4, 0.5) is 5.95 Å². The van der Waals surface area contributed by atoms with Gasteiger partial charge in [-0.3, -0.25) is 9.36 Å². The number of imidazole rings is 1. The normalized spacial score (nSPS) is 22.5. The molecule has 1 aromatic carbocycles. The Hall–Kier alpha value is -2.67. The van der Waals surface area contributed by atoms with Gasteiger partial charge in [-0.15, -0.1) is 0 Å². The lowest BCUT2D eigenvalue weighted by molar-refractivity contribution is 0.0678. The fourth-order valence-electron chi connectivity index (χ4n) is 4.06. The van der Waals surface area contributed by atoms with Crippen LogP contribution in [0.5, 0.6) is 0 Å². The van der Waals surface area contributed by atoms with Gasteiger partial charge < -0.3 is 15.0 Å². The zero-order valence-corrected chi connectivity index (χ0v) is 16.6. The second-order valence-corrected chi connectivity index (χ2v) is 8.01. The minimum atomic E-state index is -0.495. The minimum Gasteiger partial charge on any atom is -0.391 e. The quantitative estimate of drug-likeness (QED) is 0.726. The van der Waals surface area contributed by atoms with Crippen molar-refractivity contribution < 1.29 is 5.11 Å². The molecule has 2 atom stereocenters. The summed E-state index contributed by atoms with van der Waals surface area (Å²) in [5.74, 6) is 1.20. The first-order valence-corrected chi connectivity index (χ1v) is 9.83. The molecule has 7 nitrogen and oxygen atoms in total.